The number of amides is 1. The summed E-state index contributed by atoms with van der Waals surface area (Å²) in [5.74, 6) is -1.21. The Bertz CT molecular complexity index is 1170. The van der Waals surface area contributed by atoms with E-state index in [0.717, 1.165) is 16.3 Å². The fraction of sp³-hybridized carbons (Fsp3) is 0.400. The molecule has 14 heteroatoms. The average molecular weight is 511 g/mol. The van der Waals surface area contributed by atoms with Crippen LogP contribution in [0.1, 0.15) is 35.3 Å². The highest BCUT2D eigenvalue weighted by molar-refractivity contribution is 7.83. The Hall–Kier alpha value is -3.00. The van der Waals surface area contributed by atoms with E-state index in [-0.39, 0.29) is 53.5 Å². The zero-order valence-corrected chi connectivity index (χ0v) is 19.9. The molecule has 2 heterocycles. The molecule has 3 rings (SSSR count). The number of hydrogen-bond acceptors (Lipinski definition) is 8. The van der Waals surface area contributed by atoms with Crippen LogP contribution in [-0.2, 0) is 16.7 Å². The lowest BCUT2D eigenvalue weighted by atomic mass is 9.74. The van der Waals surface area contributed by atoms with E-state index in [1.54, 1.807) is 0 Å². The molecule has 8 N–H and O–H groups in total. The van der Waals surface area contributed by atoms with Crippen LogP contribution >= 0.6 is 11.6 Å². The van der Waals surface area contributed by atoms with Gasteiger partial charge in [-0.15, -0.1) is 0 Å². The van der Waals surface area contributed by atoms with Crippen molar-refractivity contribution in [3.63, 3.8) is 0 Å². The zero-order valence-electron chi connectivity index (χ0n) is 18.3. The van der Waals surface area contributed by atoms with E-state index in [0.29, 0.717) is 19.3 Å². The minimum atomic E-state index is -4.26. The number of carbonyl (C=O) groups excluding carboxylic acids is 1. The predicted octanol–water partition coefficient (Wildman–Crippen LogP) is 0.857. The predicted molar refractivity (Wildman–Crippen MR) is 129 cm³/mol. The number of benzene rings is 1. The molecule has 1 amide bonds. The normalized spacial score (nSPS) is 16.8. The highest BCUT2D eigenvalue weighted by atomic mass is 35.5. The Morgan fingerprint density at radius 1 is 1.18 bits per heavy atom. The number of rotatable bonds is 7. The van der Waals surface area contributed by atoms with Gasteiger partial charge >= 0.3 is 10.3 Å². The SMILES string of the molecule is NC(=NCC1(CCc2ccccc2)CCN(S(=O)(=O)O)CC1)NC(=O)c1nc(Cl)c(N)nc1N. The smallest absolute Gasteiger partial charge is 0.335 e. The number of carbonyl (C=O) groups is 1. The van der Waals surface area contributed by atoms with Crippen molar-refractivity contribution in [1.29, 1.82) is 0 Å². The number of guanidine groups is 1. The number of aromatic nitrogens is 2. The van der Waals surface area contributed by atoms with E-state index in [2.05, 4.69) is 20.3 Å². The summed E-state index contributed by atoms with van der Waals surface area (Å²) in [7, 11) is -4.26. The highest BCUT2D eigenvalue weighted by Crippen LogP contribution is 2.37. The third-order valence-corrected chi connectivity index (χ3v) is 7.14. The minimum absolute atomic E-state index is 0.103. The third kappa shape index (κ3) is 6.53. The number of nitrogens with one attached hydrogen (secondary N) is 1. The first-order chi connectivity index (χ1) is 16.0. The molecule has 184 valence electrons. The molecule has 0 saturated carbocycles. The van der Waals surface area contributed by atoms with Crippen molar-refractivity contribution in [2.45, 2.75) is 25.7 Å². The van der Waals surface area contributed by atoms with E-state index < -0.39 is 16.2 Å². The van der Waals surface area contributed by atoms with Crippen molar-refractivity contribution in [1.82, 2.24) is 19.6 Å². The number of piperidine rings is 1. The summed E-state index contributed by atoms with van der Waals surface area (Å²) in [6, 6.07) is 9.87. The van der Waals surface area contributed by atoms with Crippen LogP contribution in [0.2, 0.25) is 5.15 Å². The molecular formula is C20H27ClN8O4S. The van der Waals surface area contributed by atoms with Crippen molar-refractivity contribution in [2.75, 3.05) is 31.1 Å². The van der Waals surface area contributed by atoms with Crippen molar-refractivity contribution < 1.29 is 17.8 Å². The van der Waals surface area contributed by atoms with Gasteiger partial charge in [0.05, 0.1) is 0 Å². The molecule has 12 nitrogen and oxygen atoms in total. The van der Waals surface area contributed by atoms with Crippen LogP contribution in [0, 0.1) is 5.41 Å². The van der Waals surface area contributed by atoms with Crippen LogP contribution in [0.4, 0.5) is 11.6 Å². The van der Waals surface area contributed by atoms with Crippen molar-refractivity contribution in [3.8, 4) is 0 Å². The first-order valence-corrected chi connectivity index (χ1v) is 12.2. The molecule has 1 aromatic heterocycles. The summed E-state index contributed by atoms with van der Waals surface area (Å²) in [6.07, 6.45) is 2.41. The van der Waals surface area contributed by atoms with Crippen LogP contribution in [0.5, 0.6) is 0 Å². The molecule has 1 aliphatic rings. The van der Waals surface area contributed by atoms with E-state index in [1.807, 2.05) is 30.3 Å². The molecule has 0 spiro atoms. The Morgan fingerprint density at radius 3 is 2.44 bits per heavy atom. The van der Waals surface area contributed by atoms with Gasteiger partial charge in [0.25, 0.3) is 5.91 Å². The van der Waals surface area contributed by atoms with E-state index in [4.69, 9.17) is 28.8 Å². The quantitative estimate of drug-likeness (QED) is 0.203. The number of nitrogen functional groups attached to an aromatic ring is 2. The van der Waals surface area contributed by atoms with Gasteiger partial charge in [-0.2, -0.15) is 12.7 Å². The molecular weight excluding hydrogens is 484 g/mol. The fourth-order valence-corrected chi connectivity index (χ4v) is 4.58. The van der Waals surface area contributed by atoms with Gasteiger partial charge in [0.2, 0.25) is 0 Å². The molecule has 34 heavy (non-hydrogen) atoms. The van der Waals surface area contributed by atoms with Gasteiger partial charge in [-0.05, 0) is 36.7 Å². The van der Waals surface area contributed by atoms with Gasteiger partial charge in [0.15, 0.2) is 28.4 Å². The second kappa shape index (κ2) is 10.5. The van der Waals surface area contributed by atoms with E-state index >= 15 is 0 Å². The number of aryl methyl sites for hydroxylation is 1. The van der Waals surface area contributed by atoms with E-state index in [1.165, 1.54) is 0 Å². The maximum atomic E-state index is 12.5. The Balaban J connectivity index is 1.72. The van der Waals surface area contributed by atoms with E-state index in [9.17, 15) is 17.8 Å². The van der Waals surface area contributed by atoms with Gasteiger partial charge in [0, 0.05) is 19.6 Å². The lowest BCUT2D eigenvalue weighted by Crippen LogP contribution is -2.45. The molecule has 1 saturated heterocycles. The van der Waals surface area contributed by atoms with Gasteiger partial charge < -0.3 is 17.2 Å². The maximum Gasteiger partial charge on any atom is 0.335 e. The van der Waals surface area contributed by atoms with Gasteiger partial charge in [-0.1, -0.05) is 41.9 Å². The number of anilines is 2. The first kappa shape index (κ1) is 25.6. The molecule has 2 aromatic rings. The Kier molecular flexibility index (Phi) is 7.92. The lowest BCUT2D eigenvalue weighted by molar-refractivity contribution is 0.0971. The van der Waals surface area contributed by atoms with Crippen LogP contribution in [0.25, 0.3) is 0 Å². The monoisotopic (exact) mass is 510 g/mol. The highest BCUT2D eigenvalue weighted by Gasteiger charge is 2.37. The van der Waals surface area contributed by atoms with Gasteiger partial charge in [-0.25, -0.2) is 9.97 Å². The van der Waals surface area contributed by atoms with Gasteiger partial charge in [0.1, 0.15) is 0 Å². The van der Waals surface area contributed by atoms with Crippen LogP contribution in [0.3, 0.4) is 0 Å². The maximum absolute atomic E-state index is 12.5. The standard InChI is InChI=1S/C20H27ClN8O4S/c21-15-17(23)27-16(22)14(26-15)18(30)28-19(24)25-12-20(7-6-13-4-2-1-3-5-13)8-10-29(11-9-20)34(31,32)33/h1-5H,6-12H2,(H4,22,23,27)(H,31,32,33)(H3,24,25,28,30). The summed E-state index contributed by atoms with van der Waals surface area (Å²) in [5.41, 5.74) is 17.7. The second-order valence-electron chi connectivity index (χ2n) is 8.15. The number of nitrogens with zero attached hydrogens (tertiary/aromatic N) is 4. The summed E-state index contributed by atoms with van der Waals surface area (Å²) < 4.78 is 33.4. The van der Waals surface area contributed by atoms with Crippen LogP contribution in [-0.4, -0.2) is 58.7 Å². The first-order valence-electron chi connectivity index (χ1n) is 10.5. The van der Waals surface area contributed by atoms with Gasteiger partial charge in [-0.3, -0.25) is 19.7 Å². The van der Waals surface area contributed by atoms with Crippen molar-refractivity contribution in [2.24, 2.45) is 16.1 Å². The van der Waals surface area contributed by atoms with Crippen LogP contribution in [0.15, 0.2) is 35.3 Å². The van der Waals surface area contributed by atoms with Crippen LogP contribution < -0.4 is 22.5 Å². The summed E-state index contributed by atoms with van der Waals surface area (Å²) >= 11 is 5.82. The number of halogens is 1. The molecule has 0 aliphatic carbocycles. The minimum Gasteiger partial charge on any atom is -0.382 e. The second-order valence-corrected chi connectivity index (χ2v) is 9.92. The molecule has 0 unspecified atom stereocenters. The molecule has 0 radical (unpaired) electrons. The Morgan fingerprint density at radius 2 is 1.82 bits per heavy atom. The fourth-order valence-electron chi connectivity index (χ4n) is 3.81. The molecule has 1 fully saturated rings. The number of nitrogens with two attached hydrogens (primary N) is 3. The topological polar surface area (TPSA) is 203 Å². The van der Waals surface area contributed by atoms with Crippen molar-refractivity contribution in [3.05, 3.63) is 46.7 Å². The third-order valence-electron chi connectivity index (χ3n) is 5.84. The number of aliphatic imine (C=N–C) groups is 1. The number of hydrogen-bond donors (Lipinski definition) is 5. The Labute approximate surface area is 202 Å². The lowest BCUT2D eigenvalue weighted by Gasteiger charge is -2.39. The molecule has 0 bridgehead atoms. The average Bonchev–Trinajstić information content (AvgIpc) is 2.79. The summed E-state index contributed by atoms with van der Waals surface area (Å²) in [5, 5.41) is 2.24. The summed E-state index contributed by atoms with van der Waals surface area (Å²) in [6.45, 7) is 0.561. The molecule has 0 atom stereocenters. The molecule has 1 aromatic carbocycles. The van der Waals surface area contributed by atoms with Crippen molar-refractivity contribution >= 4 is 45.4 Å². The summed E-state index contributed by atoms with van der Waals surface area (Å²) in [4.78, 5) is 24.4. The zero-order chi connectivity index (χ0) is 24.9. The largest absolute Gasteiger partial charge is 0.382 e. The molecule has 1 aliphatic heterocycles.